The molecule has 3 aromatic rings. The second-order valence-corrected chi connectivity index (χ2v) is 8.17. The minimum atomic E-state index is -0.469. The van der Waals surface area contributed by atoms with Gasteiger partial charge >= 0.3 is 0 Å². The standard InChI is InChI=1S/C22H26N4O3/c1-29-22(13-27)9-11-25(12-10-22)21-15-6-4-5-14(15)18(19(23)28)20-24-16-7-2-3-8-17(16)26(20)21/h2-3,7-8,27H,4-6,9-13H2,1H3,(H2,23,28). The maximum absolute atomic E-state index is 12.4. The third kappa shape index (κ3) is 2.64. The van der Waals surface area contributed by atoms with E-state index in [9.17, 15) is 9.90 Å². The maximum Gasteiger partial charge on any atom is 0.252 e. The maximum atomic E-state index is 12.4. The predicted molar refractivity (Wildman–Crippen MR) is 112 cm³/mol. The summed E-state index contributed by atoms with van der Waals surface area (Å²) in [5.41, 5.74) is 10.7. The molecule has 1 amide bonds. The average Bonchev–Trinajstić information content (AvgIpc) is 3.36. The van der Waals surface area contributed by atoms with Gasteiger partial charge in [0.05, 0.1) is 28.8 Å². The van der Waals surface area contributed by atoms with Crippen LogP contribution in [0.2, 0.25) is 0 Å². The lowest BCUT2D eigenvalue weighted by molar-refractivity contribution is -0.0673. The van der Waals surface area contributed by atoms with Crippen molar-refractivity contribution in [1.29, 1.82) is 0 Å². The number of nitrogens with two attached hydrogens (primary N) is 1. The van der Waals surface area contributed by atoms with Crippen LogP contribution in [0.4, 0.5) is 5.82 Å². The molecule has 2 aromatic heterocycles. The number of pyridine rings is 1. The number of primary amides is 1. The first-order valence-corrected chi connectivity index (χ1v) is 10.2. The highest BCUT2D eigenvalue weighted by Crippen LogP contribution is 2.40. The fraction of sp³-hybridized carbons (Fsp3) is 0.455. The van der Waals surface area contributed by atoms with E-state index in [1.807, 2.05) is 24.3 Å². The summed E-state index contributed by atoms with van der Waals surface area (Å²) < 4.78 is 7.76. The van der Waals surface area contributed by atoms with Crippen LogP contribution in [-0.2, 0) is 17.6 Å². The fourth-order valence-electron chi connectivity index (χ4n) is 5.09. The third-order valence-electron chi connectivity index (χ3n) is 6.73. The van der Waals surface area contributed by atoms with Crippen LogP contribution in [0.3, 0.4) is 0 Å². The molecular weight excluding hydrogens is 368 g/mol. The Kier molecular flexibility index (Phi) is 4.26. The Labute approximate surface area is 169 Å². The van der Waals surface area contributed by atoms with Gasteiger partial charge in [-0.05, 0) is 55.4 Å². The van der Waals surface area contributed by atoms with E-state index in [1.54, 1.807) is 7.11 Å². The number of hydrogen-bond acceptors (Lipinski definition) is 5. The lowest BCUT2D eigenvalue weighted by atomic mass is 9.91. The molecular formula is C22H26N4O3. The molecule has 2 aliphatic rings. The van der Waals surface area contributed by atoms with Gasteiger partial charge in [0.1, 0.15) is 5.82 Å². The molecule has 0 bridgehead atoms. The monoisotopic (exact) mass is 394 g/mol. The second kappa shape index (κ2) is 6.71. The Morgan fingerprint density at radius 2 is 1.97 bits per heavy atom. The van der Waals surface area contributed by atoms with Gasteiger partial charge in [0.25, 0.3) is 5.91 Å². The summed E-state index contributed by atoms with van der Waals surface area (Å²) in [4.78, 5) is 19.6. The molecule has 3 heterocycles. The average molecular weight is 394 g/mol. The van der Waals surface area contributed by atoms with E-state index in [4.69, 9.17) is 15.5 Å². The minimum absolute atomic E-state index is 0.0273. The van der Waals surface area contributed by atoms with E-state index in [-0.39, 0.29) is 6.61 Å². The lowest BCUT2D eigenvalue weighted by Gasteiger charge is -2.41. The van der Waals surface area contributed by atoms with E-state index in [2.05, 4.69) is 9.30 Å². The Bertz CT molecular complexity index is 1110. The highest BCUT2D eigenvalue weighted by molar-refractivity contribution is 6.03. The van der Waals surface area contributed by atoms with E-state index in [1.165, 1.54) is 5.56 Å². The van der Waals surface area contributed by atoms with Crippen molar-refractivity contribution < 1.29 is 14.6 Å². The number of aromatic nitrogens is 2. The number of benzene rings is 1. The van der Waals surface area contributed by atoms with E-state index >= 15 is 0 Å². The van der Waals surface area contributed by atoms with Crippen molar-refractivity contribution in [2.45, 2.75) is 37.7 Å². The number of rotatable bonds is 4. The van der Waals surface area contributed by atoms with Crippen molar-refractivity contribution in [1.82, 2.24) is 9.38 Å². The first-order chi connectivity index (χ1) is 14.1. The molecule has 1 saturated heterocycles. The number of anilines is 1. The van der Waals surface area contributed by atoms with Gasteiger partial charge in [0.2, 0.25) is 0 Å². The van der Waals surface area contributed by atoms with Crippen molar-refractivity contribution in [3.8, 4) is 0 Å². The molecule has 7 heteroatoms. The van der Waals surface area contributed by atoms with Gasteiger partial charge in [-0.1, -0.05) is 12.1 Å². The summed E-state index contributed by atoms with van der Waals surface area (Å²) in [6.45, 7) is 1.58. The molecule has 1 aromatic carbocycles. The van der Waals surface area contributed by atoms with Crippen molar-refractivity contribution in [3.05, 3.63) is 41.0 Å². The first-order valence-electron chi connectivity index (χ1n) is 10.2. The first kappa shape index (κ1) is 18.4. The Morgan fingerprint density at radius 1 is 1.24 bits per heavy atom. The number of imidazole rings is 1. The Morgan fingerprint density at radius 3 is 2.66 bits per heavy atom. The number of aliphatic hydroxyl groups excluding tert-OH is 1. The van der Waals surface area contributed by atoms with Crippen LogP contribution in [-0.4, -0.2) is 52.8 Å². The molecule has 3 N–H and O–H groups in total. The zero-order chi connectivity index (χ0) is 20.2. The SMILES string of the molecule is COC1(CO)CCN(c2c3c(c(C(N)=O)c4nc5ccccc5n24)CCC3)CC1. The van der Waals surface area contributed by atoms with Crippen LogP contribution in [0.1, 0.15) is 40.7 Å². The summed E-state index contributed by atoms with van der Waals surface area (Å²) in [7, 11) is 1.67. The van der Waals surface area contributed by atoms with Crippen molar-refractivity contribution in [3.63, 3.8) is 0 Å². The second-order valence-electron chi connectivity index (χ2n) is 8.17. The fourth-order valence-corrected chi connectivity index (χ4v) is 5.09. The molecule has 7 nitrogen and oxygen atoms in total. The van der Waals surface area contributed by atoms with Gasteiger partial charge in [-0.3, -0.25) is 9.20 Å². The molecule has 1 fully saturated rings. The number of methoxy groups -OCH3 is 1. The minimum Gasteiger partial charge on any atom is -0.393 e. The molecule has 5 rings (SSSR count). The van der Waals surface area contributed by atoms with Crippen molar-refractivity contribution >= 4 is 28.4 Å². The lowest BCUT2D eigenvalue weighted by Crippen LogP contribution is -2.48. The number of piperidine rings is 1. The largest absolute Gasteiger partial charge is 0.393 e. The topological polar surface area (TPSA) is 93.1 Å². The highest BCUT2D eigenvalue weighted by atomic mass is 16.5. The number of aliphatic hydroxyl groups is 1. The summed E-state index contributed by atoms with van der Waals surface area (Å²) in [5, 5.41) is 9.82. The summed E-state index contributed by atoms with van der Waals surface area (Å²) >= 11 is 0. The molecule has 0 saturated carbocycles. The smallest absolute Gasteiger partial charge is 0.252 e. The van der Waals surface area contributed by atoms with Crippen molar-refractivity contribution in [2.24, 2.45) is 5.73 Å². The number of ether oxygens (including phenoxy) is 1. The number of hydrogen-bond donors (Lipinski definition) is 2. The van der Waals surface area contributed by atoms with Crippen LogP contribution in [0, 0.1) is 0 Å². The van der Waals surface area contributed by atoms with Gasteiger partial charge < -0.3 is 20.5 Å². The molecule has 0 radical (unpaired) electrons. The number of para-hydroxylation sites is 2. The van der Waals surface area contributed by atoms with E-state index in [0.717, 1.165) is 67.6 Å². The van der Waals surface area contributed by atoms with Gasteiger partial charge in [-0.25, -0.2) is 4.98 Å². The van der Waals surface area contributed by atoms with E-state index in [0.29, 0.717) is 11.2 Å². The van der Waals surface area contributed by atoms with E-state index < -0.39 is 11.5 Å². The van der Waals surface area contributed by atoms with Gasteiger partial charge in [-0.2, -0.15) is 0 Å². The summed E-state index contributed by atoms with van der Waals surface area (Å²) in [6, 6.07) is 7.97. The normalized spacial score (nSPS) is 18.5. The summed E-state index contributed by atoms with van der Waals surface area (Å²) in [5.74, 6) is 0.709. The molecule has 1 aliphatic heterocycles. The molecule has 1 aliphatic carbocycles. The highest BCUT2D eigenvalue weighted by Gasteiger charge is 2.37. The van der Waals surface area contributed by atoms with Gasteiger partial charge in [0, 0.05) is 20.2 Å². The van der Waals surface area contributed by atoms with Crippen LogP contribution < -0.4 is 10.6 Å². The number of nitrogens with zero attached hydrogens (tertiary/aromatic N) is 3. The molecule has 29 heavy (non-hydrogen) atoms. The zero-order valence-electron chi connectivity index (χ0n) is 16.6. The third-order valence-corrected chi connectivity index (χ3v) is 6.73. The number of carbonyl (C=O) groups is 1. The molecule has 0 spiro atoms. The van der Waals surface area contributed by atoms with Gasteiger partial charge in [0.15, 0.2) is 5.65 Å². The zero-order valence-corrected chi connectivity index (χ0v) is 16.6. The predicted octanol–water partition coefficient (Wildman–Crippen LogP) is 2.05. The van der Waals surface area contributed by atoms with Crippen molar-refractivity contribution in [2.75, 3.05) is 31.7 Å². The number of carbonyl (C=O) groups excluding carboxylic acids is 1. The Hall–Kier alpha value is -2.64. The molecule has 0 atom stereocenters. The van der Waals surface area contributed by atoms with Crippen LogP contribution in [0.5, 0.6) is 0 Å². The van der Waals surface area contributed by atoms with Gasteiger partial charge in [-0.15, -0.1) is 0 Å². The molecule has 152 valence electrons. The number of amides is 1. The van der Waals surface area contributed by atoms with Crippen LogP contribution in [0.15, 0.2) is 24.3 Å². The van der Waals surface area contributed by atoms with Crippen LogP contribution in [0.25, 0.3) is 16.7 Å². The summed E-state index contributed by atoms with van der Waals surface area (Å²) in [6.07, 6.45) is 4.30. The quantitative estimate of drug-likeness (QED) is 0.707. The number of fused-ring (bicyclic) bond motifs is 4. The molecule has 0 unspecified atom stereocenters. The van der Waals surface area contributed by atoms with Crippen LogP contribution >= 0.6 is 0 Å². The Balaban J connectivity index is 1.76.